The van der Waals surface area contributed by atoms with Gasteiger partial charge in [0, 0.05) is 19.5 Å². The summed E-state index contributed by atoms with van der Waals surface area (Å²) in [5, 5.41) is 2.91. The summed E-state index contributed by atoms with van der Waals surface area (Å²) in [5.74, 6) is -0.855. The first-order valence-corrected chi connectivity index (χ1v) is 8.92. The molecule has 0 spiro atoms. The fourth-order valence-electron chi connectivity index (χ4n) is 3.23. The standard InChI is InChI=1S/C21H23N3O3/c1-23(2)18(15-8-4-3-5-9-15)14-22-19(25)12-13-24-20(26)16-10-6-7-11-17(16)21(24)27/h3-11,18H,12-14H2,1-2H3,(H,22,25)/t18-/m1/s1. The molecular weight excluding hydrogens is 342 g/mol. The Hall–Kier alpha value is -2.99. The van der Waals surface area contributed by atoms with E-state index >= 15 is 0 Å². The maximum Gasteiger partial charge on any atom is 0.261 e. The van der Waals surface area contributed by atoms with Gasteiger partial charge >= 0.3 is 0 Å². The van der Waals surface area contributed by atoms with Crippen LogP contribution in [0.2, 0.25) is 0 Å². The van der Waals surface area contributed by atoms with Crippen LogP contribution in [0.3, 0.4) is 0 Å². The van der Waals surface area contributed by atoms with Gasteiger partial charge in [0.2, 0.25) is 5.91 Å². The van der Waals surface area contributed by atoms with E-state index in [4.69, 9.17) is 0 Å². The summed E-state index contributed by atoms with van der Waals surface area (Å²) in [6.45, 7) is 0.536. The van der Waals surface area contributed by atoms with Crippen molar-refractivity contribution in [3.63, 3.8) is 0 Å². The van der Waals surface area contributed by atoms with E-state index in [1.54, 1.807) is 24.3 Å². The number of nitrogens with zero attached hydrogens (tertiary/aromatic N) is 2. The van der Waals surface area contributed by atoms with Crippen molar-refractivity contribution in [2.45, 2.75) is 12.5 Å². The Balaban J connectivity index is 1.54. The van der Waals surface area contributed by atoms with Gasteiger partial charge in [-0.15, -0.1) is 0 Å². The summed E-state index contributed by atoms with van der Waals surface area (Å²) in [6, 6.07) is 16.7. The second-order valence-corrected chi connectivity index (χ2v) is 6.75. The number of rotatable bonds is 7. The van der Waals surface area contributed by atoms with Crippen molar-refractivity contribution in [1.29, 1.82) is 0 Å². The predicted octanol–water partition coefficient (Wildman–Crippen LogP) is 2.09. The largest absolute Gasteiger partial charge is 0.354 e. The van der Waals surface area contributed by atoms with Crippen LogP contribution < -0.4 is 5.32 Å². The molecule has 0 saturated carbocycles. The Bertz CT molecular complexity index is 814. The first-order chi connectivity index (χ1) is 13.0. The second-order valence-electron chi connectivity index (χ2n) is 6.75. The molecule has 3 amide bonds. The molecule has 2 aromatic carbocycles. The molecule has 0 aliphatic carbocycles. The summed E-state index contributed by atoms with van der Waals surface area (Å²) in [6.07, 6.45) is 0.0837. The average molecular weight is 365 g/mol. The number of imide groups is 1. The lowest BCUT2D eigenvalue weighted by atomic mass is 10.1. The van der Waals surface area contributed by atoms with Crippen molar-refractivity contribution >= 4 is 17.7 Å². The molecule has 1 aliphatic rings. The first-order valence-electron chi connectivity index (χ1n) is 8.92. The van der Waals surface area contributed by atoms with Crippen molar-refractivity contribution in [3.05, 3.63) is 71.3 Å². The lowest BCUT2D eigenvalue weighted by Crippen LogP contribution is -2.37. The molecule has 0 fully saturated rings. The third-order valence-corrected chi connectivity index (χ3v) is 4.74. The number of benzene rings is 2. The van der Waals surface area contributed by atoms with Crippen LogP contribution in [0.15, 0.2) is 54.6 Å². The number of hydrogen-bond donors (Lipinski definition) is 1. The minimum Gasteiger partial charge on any atom is -0.354 e. The van der Waals surface area contributed by atoms with E-state index in [0.717, 1.165) is 10.5 Å². The van der Waals surface area contributed by atoms with Gasteiger partial charge in [-0.3, -0.25) is 19.3 Å². The number of nitrogens with one attached hydrogen (secondary N) is 1. The highest BCUT2D eigenvalue weighted by molar-refractivity contribution is 6.21. The van der Waals surface area contributed by atoms with E-state index < -0.39 is 0 Å². The van der Waals surface area contributed by atoms with E-state index in [1.807, 2.05) is 49.3 Å². The van der Waals surface area contributed by atoms with Crippen LogP contribution >= 0.6 is 0 Å². The molecule has 6 nitrogen and oxygen atoms in total. The molecule has 0 aromatic heterocycles. The number of hydrogen-bond acceptors (Lipinski definition) is 4. The molecule has 1 N–H and O–H groups in total. The fraction of sp³-hybridized carbons (Fsp3) is 0.286. The summed E-state index contributed by atoms with van der Waals surface area (Å²) < 4.78 is 0. The Morgan fingerprint density at radius 3 is 2.07 bits per heavy atom. The third-order valence-electron chi connectivity index (χ3n) is 4.74. The second kappa shape index (κ2) is 8.14. The van der Waals surface area contributed by atoms with Gasteiger partial charge in [0.25, 0.3) is 11.8 Å². The van der Waals surface area contributed by atoms with Crippen LogP contribution in [0.1, 0.15) is 38.7 Å². The topological polar surface area (TPSA) is 69.7 Å². The van der Waals surface area contributed by atoms with Gasteiger partial charge < -0.3 is 10.2 Å². The van der Waals surface area contributed by atoms with Gasteiger partial charge in [-0.05, 0) is 31.8 Å². The summed E-state index contributed by atoms with van der Waals surface area (Å²) in [5.41, 5.74) is 1.92. The molecule has 0 bridgehead atoms. The smallest absolute Gasteiger partial charge is 0.261 e. The Kier molecular flexibility index (Phi) is 5.66. The highest BCUT2D eigenvalue weighted by atomic mass is 16.2. The number of carbonyl (C=O) groups is 3. The van der Waals surface area contributed by atoms with Gasteiger partial charge in [0.15, 0.2) is 0 Å². The van der Waals surface area contributed by atoms with Crippen molar-refractivity contribution in [3.8, 4) is 0 Å². The maximum absolute atomic E-state index is 12.3. The summed E-state index contributed by atoms with van der Waals surface area (Å²) >= 11 is 0. The van der Waals surface area contributed by atoms with E-state index in [-0.39, 0.29) is 36.7 Å². The van der Waals surface area contributed by atoms with Crippen LogP contribution in [0.25, 0.3) is 0 Å². The number of fused-ring (bicyclic) bond motifs is 1. The van der Waals surface area contributed by atoms with E-state index in [0.29, 0.717) is 17.7 Å². The summed E-state index contributed by atoms with van der Waals surface area (Å²) in [7, 11) is 3.92. The van der Waals surface area contributed by atoms with Crippen LogP contribution in [0.5, 0.6) is 0 Å². The Morgan fingerprint density at radius 1 is 0.963 bits per heavy atom. The SMILES string of the molecule is CN(C)[C@H](CNC(=O)CCN1C(=O)c2ccccc2C1=O)c1ccccc1. The van der Waals surface area contributed by atoms with Crippen LogP contribution in [-0.2, 0) is 4.79 Å². The molecular formula is C21H23N3O3. The normalized spacial score (nSPS) is 14.4. The quantitative estimate of drug-likeness (QED) is 0.763. The van der Waals surface area contributed by atoms with Crippen molar-refractivity contribution in [2.75, 3.05) is 27.2 Å². The van der Waals surface area contributed by atoms with E-state index in [2.05, 4.69) is 5.32 Å². The lowest BCUT2D eigenvalue weighted by molar-refractivity contribution is -0.121. The molecule has 0 unspecified atom stereocenters. The van der Waals surface area contributed by atoms with Gasteiger partial charge in [0.05, 0.1) is 17.2 Å². The molecule has 1 aliphatic heterocycles. The maximum atomic E-state index is 12.3. The lowest BCUT2D eigenvalue weighted by Gasteiger charge is -2.25. The monoisotopic (exact) mass is 365 g/mol. The molecule has 6 heteroatoms. The van der Waals surface area contributed by atoms with Crippen molar-refractivity contribution in [2.24, 2.45) is 0 Å². The molecule has 3 rings (SSSR count). The zero-order valence-corrected chi connectivity index (χ0v) is 15.5. The molecule has 140 valence electrons. The number of likely N-dealkylation sites (N-methyl/N-ethyl adjacent to an activating group) is 1. The van der Waals surface area contributed by atoms with Crippen molar-refractivity contribution in [1.82, 2.24) is 15.1 Å². The van der Waals surface area contributed by atoms with Crippen LogP contribution in [-0.4, -0.2) is 54.7 Å². The highest BCUT2D eigenvalue weighted by Crippen LogP contribution is 2.22. The minimum absolute atomic E-state index is 0.0504. The Labute approximate surface area is 158 Å². The molecule has 0 saturated heterocycles. The van der Waals surface area contributed by atoms with Gasteiger partial charge in [0.1, 0.15) is 0 Å². The molecule has 27 heavy (non-hydrogen) atoms. The predicted molar refractivity (Wildman–Crippen MR) is 102 cm³/mol. The summed E-state index contributed by atoms with van der Waals surface area (Å²) in [4.78, 5) is 40.1. The van der Waals surface area contributed by atoms with E-state index in [1.165, 1.54) is 0 Å². The zero-order valence-electron chi connectivity index (χ0n) is 15.5. The van der Waals surface area contributed by atoms with Crippen LogP contribution in [0, 0.1) is 0 Å². The molecule has 1 atom stereocenters. The van der Waals surface area contributed by atoms with Crippen molar-refractivity contribution < 1.29 is 14.4 Å². The van der Waals surface area contributed by atoms with Gasteiger partial charge in [-0.25, -0.2) is 0 Å². The van der Waals surface area contributed by atoms with Crippen LogP contribution in [0.4, 0.5) is 0 Å². The zero-order chi connectivity index (χ0) is 19.4. The van der Waals surface area contributed by atoms with E-state index in [9.17, 15) is 14.4 Å². The highest BCUT2D eigenvalue weighted by Gasteiger charge is 2.34. The minimum atomic E-state index is -0.334. The molecule has 2 aromatic rings. The van der Waals surface area contributed by atoms with Gasteiger partial charge in [-0.2, -0.15) is 0 Å². The molecule has 1 heterocycles. The first kappa shape index (κ1) is 18.8. The number of carbonyl (C=O) groups excluding carboxylic acids is 3. The number of amides is 3. The Morgan fingerprint density at radius 2 is 1.52 bits per heavy atom. The average Bonchev–Trinajstić information content (AvgIpc) is 2.91. The molecule has 0 radical (unpaired) electrons. The third kappa shape index (κ3) is 4.06. The fourth-order valence-corrected chi connectivity index (χ4v) is 3.23. The van der Waals surface area contributed by atoms with Gasteiger partial charge in [-0.1, -0.05) is 42.5 Å².